The third-order valence-corrected chi connectivity index (χ3v) is 7.68. The van der Waals surface area contributed by atoms with Gasteiger partial charge < -0.3 is 19.4 Å². The van der Waals surface area contributed by atoms with Crippen LogP contribution in [0.15, 0.2) is 35.5 Å². The number of aromatic nitrogens is 2. The highest BCUT2D eigenvalue weighted by molar-refractivity contribution is 7.89. The number of hydrogen-bond donors (Lipinski definition) is 0. The summed E-state index contributed by atoms with van der Waals surface area (Å²) >= 11 is 0. The molecule has 168 valence electrons. The molecule has 0 bridgehead atoms. The van der Waals surface area contributed by atoms with Crippen LogP contribution in [0.25, 0.3) is 0 Å². The number of likely N-dealkylation sites (N-methyl/N-ethyl adjacent to an activating group) is 1. The molecular weight excluding hydrogens is 423 g/mol. The second-order valence-electron chi connectivity index (χ2n) is 7.71. The summed E-state index contributed by atoms with van der Waals surface area (Å²) in [6, 6.07) is 5.68. The number of sulfonamides is 1. The van der Waals surface area contributed by atoms with E-state index < -0.39 is 15.8 Å². The van der Waals surface area contributed by atoms with E-state index in [1.165, 1.54) is 23.5 Å². The molecule has 0 N–H and O–H groups in total. The minimum absolute atomic E-state index is 0.0173. The van der Waals surface area contributed by atoms with Crippen molar-refractivity contribution in [3.8, 4) is 5.75 Å². The standard InChI is InChI=1S/C20H27FN6O3S/c1-24-5-7-25(8-6-24)19-14-20(23-15-22-19)26-9-11-27(12-10-26)31(28,29)16-3-4-18(30-2)17(21)13-16/h3-4,13-15H,5-12H2,1-2H3. The van der Waals surface area contributed by atoms with E-state index in [2.05, 4.69) is 31.7 Å². The SMILES string of the molecule is COc1ccc(S(=O)(=O)N2CCN(c3cc(N4CCN(C)CC4)ncn3)CC2)cc1F. The van der Waals surface area contributed by atoms with Crippen molar-refractivity contribution < 1.29 is 17.5 Å². The van der Waals surface area contributed by atoms with Crippen molar-refractivity contribution >= 4 is 21.7 Å². The zero-order valence-electron chi connectivity index (χ0n) is 17.7. The van der Waals surface area contributed by atoms with Crippen molar-refractivity contribution in [3.63, 3.8) is 0 Å². The van der Waals surface area contributed by atoms with Gasteiger partial charge in [0.15, 0.2) is 11.6 Å². The summed E-state index contributed by atoms with van der Waals surface area (Å²) in [7, 11) is -0.331. The maximum Gasteiger partial charge on any atom is 0.243 e. The van der Waals surface area contributed by atoms with Crippen molar-refractivity contribution in [1.29, 1.82) is 0 Å². The van der Waals surface area contributed by atoms with Gasteiger partial charge in [-0.05, 0) is 25.2 Å². The molecule has 2 aromatic rings. The van der Waals surface area contributed by atoms with Crippen LogP contribution in [0.2, 0.25) is 0 Å². The molecule has 0 atom stereocenters. The first-order valence-electron chi connectivity index (χ1n) is 10.2. The Balaban J connectivity index is 1.43. The summed E-state index contributed by atoms with van der Waals surface area (Å²) in [4.78, 5) is 15.3. The van der Waals surface area contributed by atoms with Gasteiger partial charge in [0, 0.05) is 58.4 Å². The Labute approximate surface area is 182 Å². The van der Waals surface area contributed by atoms with Crippen LogP contribution in [-0.4, -0.2) is 94.1 Å². The van der Waals surface area contributed by atoms with Crippen LogP contribution in [-0.2, 0) is 10.0 Å². The van der Waals surface area contributed by atoms with Crippen LogP contribution >= 0.6 is 0 Å². The predicted octanol–water partition coefficient (Wildman–Crippen LogP) is 0.887. The van der Waals surface area contributed by atoms with E-state index in [0.717, 1.165) is 43.9 Å². The van der Waals surface area contributed by atoms with E-state index in [0.29, 0.717) is 26.2 Å². The van der Waals surface area contributed by atoms with E-state index in [-0.39, 0.29) is 10.6 Å². The molecular formula is C20H27FN6O3S. The number of hydrogen-bond acceptors (Lipinski definition) is 8. The van der Waals surface area contributed by atoms with E-state index in [1.54, 1.807) is 6.33 Å². The number of anilines is 2. The first-order chi connectivity index (χ1) is 14.9. The maximum absolute atomic E-state index is 14.0. The van der Waals surface area contributed by atoms with Gasteiger partial charge in [-0.1, -0.05) is 0 Å². The van der Waals surface area contributed by atoms with Crippen molar-refractivity contribution in [2.45, 2.75) is 4.90 Å². The van der Waals surface area contributed by atoms with Gasteiger partial charge in [0.2, 0.25) is 10.0 Å². The number of rotatable bonds is 5. The van der Waals surface area contributed by atoms with Crippen LogP contribution in [0.5, 0.6) is 5.75 Å². The highest BCUT2D eigenvalue weighted by Crippen LogP contribution is 2.25. The Morgan fingerprint density at radius 1 is 0.903 bits per heavy atom. The molecule has 2 aliphatic rings. The molecule has 4 rings (SSSR count). The fraction of sp³-hybridized carbons (Fsp3) is 0.500. The van der Waals surface area contributed by atoms with Crippen LogP contribution in [0.4, 0.5) is 16.0 Å². The zero-order chi connectivity index (χ0) is 22.0. The molecule has 0 amide bonds. The molecule has 9 nitrogen and oxygen atoms in total. The molecule has 0 aliphatic carbocycles. The van der Waals surface area contributed by atoms with Crippen LogP contribution < -0.4 is 14.5 Å². The zero-order valence-corrected chi connectivity index (χ0v) is 18.6. The van der Waals surface area contributed by atoms with Gasteiger partial charge in [-0.3, -0.25) is 0 Å². The molecule has 3 heterocycles. The molecule has 0 spiro atoms. The average molecular weight is 451 g/mol. The van der Waals surface area contributed by atoms with Crippen molar-refractivity contribution in [2.75, 3.05) is 76.3 Å². The summed E-state index contributed by atoms with van der Waals surface area (Å²) in [6.45, 7) is 5.39. The summed E-state index contributed by atoms with van der Waals surface area (Å²) in [5.74, 6) is 1.00. The number of benzene rings is 1. The molecule has 2 saturated heterocycles. The lowest BCUT2D eigenvalue weighted by atomic mass is 10.3. The van der Waals surface area contributed by atoms with Gasteiger partial charge in [-0.2, -0.15) is 4.31 Å². The van der Waals surface area contributed by atoms with E-state index in [4.69, 9.17) is 4.74 Å². The Bertz CT molecular complexity index is 1020. The molecule has 0 radical (unpaired) electrons. The van der Waals surface area contributed by atoms with Crippen LogP contribution in [0, 0.1) is 5.82 Å². The normalized spacial score (nSPS) is 18.9. The number of nitrogens with zero attached hydrogens (tertiary/aromatic N) is 6. The first-order valence-corrected chi connectivity index (χ1v) is 11.7. The minimum atomic E-state index is -3.78. The summed E-state index contributed by atoms with van der Waals surface area (Å²) < 4.78 is 46.1. The summed E-state index contributed by atoms with van der Waals surface area (Å²) in [5.41, 5.74) is 0. The van der Waals surface area contributed by atoms with Crippen molar-refractivity contribution in [3.05, 3.63) is 36.4 Å². The lowest BCUT2D eigenvalue weighted by Gasteiger charge is -2.36. The van der Waals surface area contributed by atoms with Gasteiger partial charge >= 0.3 is 0 Å². The quantitative estimate of drug-likeness (QED) is 0.664. The molecule has 1 aromatic carbocycles. The lowest BCUT2D eigenvalue weighted by molar-refractivity contribution is 0.312. The number of halogens is 1. The highest BCUT2D eigenvalue weighted by atomic mass is 32.2. The Morgan fingerprint density at radius 2 is 1.48 bits per heavy atom. The van der Waals surface area contributed by atoms with Crippen molar-refractivity contribution in [1.82, 2.24) is 19.2 Å². The third-order valence-electron chi connectivity index (χ3n) is 5.79. The Hall–Kier alpha value is -2.50. The number of piperazine rings is 2. The smallest absolute Gasteiger partial charge is 0.243 e. The highest BCUT2D eigenvalue weighted by Gasteiger charge is 2.30. The van der Waals surface area contributed by atoms with Crippen LogP contribution in [0.1, 0.15) is 0 Å². The van der Waals surface area contributed by atoms with Gasteiger partial charge in [0.05, 0.1) is 12.0 Å². The maximum atomic E-state index is 14.0. The Kier molecular flexibility index (Phi) is 6.26. The molecule has 0 unspecified atom stereocenters. The van der Waals surface area contributed by atoms with Crippen molar-refractivity contribution in [2.24, 2.45) is 0 Å². The van der Waals surface area contributed by atoms with E-state index in [9.17, 15) is 12.8 Å². The summed E-state index contributed by atoms with van der Waals surface area (Å²) in [6.07, 6.45) is 1.56. The monoisotopic (exact) mass is 450 g/mol. The third kappa shape index (κ3) is 4.58. The Morgan fingerprint density at radius 3 is 2.03 bits per heavy atom. The molecule has 31 heavy (non-hydrogen) atoms. The average Bonchev–Trinajstić information content (AvgIpc) is 2.79. The predicted molar refractivity (Wildman–Crippen MR) is 116 cm³/mol. The number of ether oxygens (including phenoxy) is 1. The summed E-state index contributed by atoms with van der Waals surface area (Å²) in [5, 5.41) is 0. The molecule has 2 fully saturated rings. The van der Waals surface area contributed by atoms with Gasteiger partial charge in [0.25, 0.3) is 0 Å². The minimum Gasteiger partial charge on any atom is -0.494 e. The topological polar surface area (TPSA) is 82.1 Å². The largest absolute Gasteiger partial charge is 0.494 e. The molecule has 2 aliphatic heterocycles. The van der Waals surface area contributed by atoms with Gasteiger partial charge in [-0.15, -0.1) is 0 Å². The molecule has 1 aromatic heterocycles. The lowest BCUT2D eigenvalue weighted by Crippen LogP contribution is -2.49. The van der Waals surface area contributed by atoms with Crippen LogP contribution in [0.3, 0.4) is 0 Å². The fourth-order valence-corrected chi connectivity index (χ4v) is 5.27. The molecule has 0 saturated carbocycles. The van der Waals surface area contributed by atoms with E-state index in [1.807, 2.05) is 6.07 Å². The number of methoxy groups -OCH3 is 1. The van der Waals surface area contributed by atoms with Gasteiger partial charge in [-0.25, -0.2) is 22.8 Å². The van der Waals surface area contributed by atoms with Gasteiger partial charge in [0.1, 0.15) is 18.0 Å². The second kappa shape index (κ2) is 8.93. The molecule has 11 heteroatoms. The van der Waals surface area contributed by atoms with E-state index >= 15 is 0 Å². The first kappa shape index (κ1) is 21.7. The fourth-order valence-electron chi connectivity index (χ4n) is 3.83. The second-order valence-corrected chi connectivity index (χ2v) is 9.65.